The van der Waals surface area contributed by atoms with Gasteiger partial charge in [-0.05, 0) is 105 Å². The quantitative estimate of drug-likeness (QED) is 0.164. The van der Waals surface area contributed by atoms with E-state index in [9.17, 15) is 5.11 Å². The molecule has 0 saturated heterocycles. The van der Waals surface area contributed by atoms with Crippen LogP contribution in [0.3, 0.4) is 0 Å². The highest BCUT2D eigenvalue weighted by atomic mass is 16.3. The van der Waals surface area contributed by atoms with Crippen molar-refractivity contribution in [1.82, 2.24) is 4.57 Å². The molecule has 9 aromatic rings. The van der Waals surface area contributed by atoms with E-state index in [2.05, 4.69) is 200 Å². The van der Waals surface area contributed by atoms with Gasteiger partial charge in [0.25, 0.3) is 0 Å². The summed E-state index contributed by atoms with van der Waals surface area (Å²) < 4.78 is 2.40. The lowest BCUT2D eigenvalue weighted by Gasteiger charge is -2.41. The minimum absolute atomic E-state index is 0.0474. The van der Waals surface area contributed by atoms with Gasteiger partial charge in [0.15, 0.2) is 0 Å². The van der Waals surface area contributed by atoms with Crippen molar-refractivity contribution in [2.75, 3.05) is 0 Å². The lowest BCUT2D eigenvalue weighted by molar-refractivity contribution is 0.279. The van der Waals surface area contributed by atoms with Crippen molar-refractivity contribution in [3.63, 3.8) is 0 Å². The molecule has 0 radical (unpaired) electrons. The second kappa shape index (κ2) is 13.4. The molecule has 0 fully saturated rings. The van der Waals surface area contributed by atoms with Gasteiger partial charge in [-0.25, -0.2) is 0 Å². The Morgan fingerprint density at radius 1 is 0.545 bits per heavy atom. The number of aliphatic hydroxyl groups excluding tert-OH is 1. The van der Waals surface area contributed by atoms with Crippen molar-refractivity contribution in [2.45, 2.75) is 31.3 Å². The Morgan fingerprint density at radius 3 is 1.91 bits per heavy atom. The SMILES string of the molecule is Cc1c(C(c2ccccc2)(c2ccccc2)c2ccccc2CO)ccc2c1C(c1ccc3c(c1)c1ccccc1n3-c1ccccc1)Cc1ccccc1-2. The molecule has 8 aromatic carbocycles. The number of hydrogen-bond donors (Lipinski definition) is 1. The van der Waals surface area contributed by atoms with E-state index >= 15 is 0 Å². The predicted molar refractivity (Wildman–Crippen MR) is 227 cm³/mol. The number of fused-ring (bicyclic) bond motifs is 6. The molecule has 1 atom stereocenters. The van der Waals surface area contributed by atoms with Gasteiger partial charge < -0.3 is 9.67 Å². The van der Waals surface area contributed by atoms with Gasteiger partial charge in [0.05, 0.1) is 23.1 Å². The van der Waals surface area contributed by atoms with Crippen LogP contribution in [0.4, 0.5) is 0 Å². The average molecular weight is 708 g/mol. The molecule has 1 aromatic heterocycles. The topological polar surface area (TPSA) is 25.2 Å². The first-order chi connectivity index (χ1) is 27.2. The van der Waals surface area contributed by atoms with Crippen LogP contribution in [-0.4, -0.2) is 9.67 Å². The zero-order valence-electron chi connectivity index (χ0n) is 30.9. The average Bonchev–Trinajstić information content (AvgIpc) is 3.59. The number of rotatable bonds is 7. The van der Waals surface area contributed by atoms with Crippen molar-refractivity contribution < 1.29 is 5.11 Å². The van der Waals surface area contributed by atoms with E-state index in [4.69, 9.17) is 0 Å². The number of aliphatic hydroxyl groups is 1. The second-order valence-electron chi connectivity index (χ2n) is 14.9. The molecule has 0 bridgehead atoms. The summed E-state index contributed by atoms with van der Waals surface area (Å²) >= 11 is 0. The maximum absolute atomic E-state index is 10.9. The summed E-state index contributed by atoms with van der Waals surface area (Å²) in [6.07, 6.45) is 0.910. The Morgan fingerprint density at radius 2 is 1.16 bits per heavy atom. The molecule has 264 valence electrons. The molecule has 0 saturated carbocycles. The molecular weight excluding hydrogens is 667 g/mol. The molecule has 2 heteroatoms. The zero-order chi connectivity index (χ0) is 36.9. The van der Waals surface area contributed by atoms with E-state index in [0.717, 1.165) is 17.5 Å². The Bertz CT molecular complexity index is 2790. The van der Waals surface area contributed by atoms with Crippen LogP contribution in [0.1, 0.15) is 56.0 Å². The third-order valence-electron chi connectivity index (χ3n) is 12.1. The summed E-state index contributed by atoms with van der Waals surface area (Å²) in [5.41, 5.74) is 16.5. The molecule has 2 nitrogen and oxygen atoms in total. The van der Waals surface area contributed by atoms with E-state index in [1.54, 1.807) is 0 Å². The van der Waals surface area contributed by atoms with Crippen molar-refractivity contribution >= 4 is 21.8 Å². The van der Waals surface area contributed by atoms with Crippen LogP contribution in [0, 0.1) is 6.92 Å². The van der Waals surface area contributed by atoms with Crippen LogP contribution in [0.2, 0.25) is 0 Å². The predicted octanol–water partition coefficient (Wildman–Crippen LogP) is 12.3. The monoisotopic (exact) mass is 707 g/mol. The van der Waals surface area contributed by atoms with Gasteiger partial charge in [-0.2, -0.15) is 0 Å². The van der Waals surface area contributed by atoms with Gasteiger partial charge in [0, 0.05) is 22.4 Å². The van der Waals surface area contributed by atoms with Crippen molar-refractivity contribution in [3.05, 3.63) is 244 Å². The normalized spacial score (nSPS) is 13.8. The lowest BCUT2D eigenvalue weighted by atomic mass is 9.61. The Balaban J connectivity index is 1.27. The van der Waals surface area contributed by atoms with Gasteiger partial charge in [-0.1, -0.05) is 164 Å². The fourth-order valence-electron chi connectivity index (χ4n) is 9.78. The minimum Gasteiger partial charge on any atom is -0.392 e. The molecule has 0 aliphatic heterocycles. The Labute approximate surface area is 322 Å². The fraction of sp³-hybridized carbons (Fsp3) is 0.0943. The third-order valence-corrected chi connectivity index (χ3v) is 12.1. The van der Waals surface area contributed by atoms with Gasteiger partial charge >= 0.3 is 0 Å². The first-order valence-electron chi connectivity index (χ1n) is 19.3. The van der Waals surface area contributed by atoms with Crippen molar-refractivity contribution in [2.24, 2.45) is 0 Å². The van der Waals surface area contributed by atoms with Crippen LogP contribution in [0.25, 0.3) is 38.6 Å². The van der Waals surface area contributed by atoms with Crippen molar-refractivity contribution in [3.8, 4) is 16.8 Å². The number of aromatic nitrogens is 1. The summed E-state index contributed by atoms with van der Waals surface area (Å²) in [6.45, 7) is 2.30. The molecule has 1 N–H and O–H groups in total. The molecule has 55 heavy (non-hydrogen) atoms. The van der Waals surface area contributed by atoms with E-state index in [-0.39, 0.29) is 12.5 Å². The van der Waals surface area contributed by atoms with Crippen LogP contribution in [0.15, 0.2) is 194 Å². The van der Waals surface area contributed by atoms with Crippen LogP contribution < -0.4 is 0 Å². The van der Waals surface area contributed by atoms with Gasteiger partial charge in [-0.3, -0.25) is 0 Å². The summed E-state index contributed by atoms with van der Waals surface area (Å²) in [5, 5.41) is 13.4. The zero-order valence-corrected chi connectivity index (χ0v) is 30.9. The minimum atomic E-state index is -0.685. The summed E-state index contributed by atoms with van der Waals surface area (Å²) in [7, 11) is 0. The Hall–Kier alpha value is -6.48. The van der Waals surface area contributed by atoms with Gasteiger partial charge in [0.2, 0.25) is 0 Å². The summed E-state index contributed by atoms with van der Waals surface area (Å²) in [4.78, 5) is 0. The summed E-state index contributed by atoms with van der Waals surface area (Å²) in [6, 6.07) is 70.6. The molecule has 1 aliphatic carbocycles. The van der Waals surface area contributed by atoms with E-state index in [1.807, 2.05) is 6.07 Å². The Kier molecular flexibility index (Phi) is 8.08. The number of hydrogen-bond acceptors (Lipinski definition) is 1. The second-order valence-corrected chi connectivity index (χ2v) is 14.9. The molecular formula is C53H41NO. The van der Waals surface area contributed by atoms with Gasteiger partial charge in [-0.15, -0.1) is 0 Å². The highest BCUT2D eigenvalue weighted by Crippen LogP contribution is 2.52. The maximum Gasteiger partial charge on any atom is 0.0707 e. The number of para-hydroxylation sites is 2. The maximum atomic E-state index is 10.9. The number of benzene rings is 8. The fourth-order valence-corrected chi connectivity index (χ4v) is 9.78. The molecule has 0 amide bonds. The number of nitrogens with zero attached hydrogens (tertiary/aromatic N) is 1. The van der Waals surface area contributed by atoms with Crippen LogP contribution in [-0.2, 0) is 18.4 Å². The first kappa shape index (κ1) is 33.1. The van der Waals surface area contributed by atoms with Crippen LogP contribution in [0.5, 0.6) is 0 Å². The third kappa shape index (κ3) is 5.13. The molecule has 0 spiro atoms. The lowest BCUT2D eigenvalue weighted by Crippen LogP contribution is -2.34. The van der Waals surface area contributed by atoms with E-state index < -0.39 is 5.41 Å². The molecule has 10 rings (SSSR count). The molecule has 1 unspecified atom stereocenters. The first-order valence-corrected chi connectivity index (χ1v) is 19.3. The highest BCUT2D eigenvalue weighted by Gasteiger charge is 2.42. The highest BCUT2D eigenvalue weighted by molar-refractivity contribution is 6.09. The van der Waals surface area contributed by atoms with E-state index in [1.165, 1.54) is 77.6 Å². The smallest absolute Gasteiger partial charge is 0.0707 e. The molecule has 1 aliphatic rings. The summed E-state index contributed by atoms with van der Waals surface area (Å²) in [5.74, 6) is 0.130. The van der Waals surface area contributed by atoms with Gasteiger partial charge in [0.1, 0.15) is 0 Å². The van der Waals surface area contributed by atoms with E-state index in [0.29, 0.717) is 0 Å². The van der Waals surface area contributed by atoms with Crippen LogP contribution >= 0.6 is 0 Å². The standard InChI is InChI=1S/C53H41NO/c1-36-48(53(40-19-5-2-6-20-40,41-21-7-3-8-22-41)49-27-15-12-18-39(49)35-55)31-30-45-43-25-13-11-17-37(43)33-46(52(36)45)38-29-32-51-47(34-38)44-26-14-16-28-50(44)54(51)42-23-9-4-10-24-42/h2-32,34,46,55H,33,35H2,1H3. The largest absolute Gasteiger partial charge is 0.392 e. The van der Waals surface area contributed by atoms with Crippen molar-refractivity contribution in [1.29, 1.82) is 0 Å². The molecule has 1 heterocycles.